The van der Waals surface area contributed by atoms with Crippen molar-refractivity contribution in [2.24, 2.45) is 0 Å². The molecule has 0 fully saturated rings. The Hall–Kier alpha value is -15.8. The highest BCUT2D eigenvalue weighted by atomic mass is 15.2. The topological polar surface area (TPSA) is 44.5 Å². The van der Waals surface area contributed by atoms with E-state index in [0.29, 0.717) is 11.3 Å². The summed E-state index contributed by atoms with van der Waals surface area (Å²) >= 11 is 0. The molecule has 0 atom stereocenters. The number of nitrogens with zero attached hydrogens (tertiary/aromatic N) is 6. The van der Waals surface area contributed by atoms with Crippen LogP contribution in [0.1, 0.15) is 111 Å². The van der Waals surface area contributed by atoms with Gasteiger partial charge in [-0.2, -0.15) is 5.26 Å². The lowest BCUT2D eigenvalue weighted by Gasteiger charge is -2.46. The van der Waals surface area contributed by atoms with Crippen LogP contribution < -0.4 is 26.2 Å². The zero-order valence-corrected chi connectivity index (χ0v) is 77.3. The molecule has 0 N–H and O–H groups in total. The Morgan fingerprint density at radius 3 is 0.902 bits per heavy atom. The minimum Gasteiger partial charge on any atom is -0.310 e. The van der Waals surface area contributed by atoms with Crippen LogP contribution >= 0.6 is 0 Å². The zero-order chi connectivity index (χ0) is 91.1. The highest BCUT2D eigenvalue weighted by Gasteiger charge is 2.47. The summed E-state index contributed by atoms with van der Waals surface area (Å²) in [5.74, 6) is 0. The lowest BCUT2D eigenvalue weighted by molar-refractivity contribution is 0.568. The molecule has 7 heteroatoms. The van der Waals surface area contributed by atoms with E-state index in [1.54, 1.807) is 0 Å². The fourth-order valence-corrected chi connectivity index (χ4v) is 20.6. The van der Waals surface area contributed by atoms with E-state index in [-0.39, 0.29) is 21.7 Å². The number of fused-ring (bicyclic) bond motifs is 10. The predicted octanol–water partition coefficient (Wildman–Crippen LogP) is 32.6. The van der Waals surface area contributed by atoms with Crippen molar-refractivity contribution in [2.45, 2.75) is 105 Å². The van der Waals surface area contributed by atoms with Gasteiger partial charge in [0.2, 0.25) is 0 Å². The maximum Gasteiger partial charge on any atom is 0.252 e. The minimum absolute atomic E-state index is 0.275. The Morgan fingerprint density at radius 1 is 0.256 bits per heavy atom. The third-order valence-corrected chi connectivity index (χ3v) is 27.7. The Labute approximate surface area is 781 Å². The first kappa shape index (κ1) is 82.9. The standard InChI is InChI=1S/C126H101BN6/c1-123(2,3)95-65-93(66-96(75-95)124(4,5)6)108-71-90(84-53-51-80(79-128)52-54-84)69-106(88-41-31-39-86(63-88)81-33-17-14-18-34-81)121(108)132-116-77-100(130-112-47-27-23-43-102(112)103-44-24-28-48-113(103)130)59-61-110(116)127-111-62-60-101(131-114-49-29-25-45-104(114)105-46-26-30-50-115(105)131)78-117(111)133(119-74-92(73-118(132)120(119)127)83-37-21-16-22-38-83)122-107(89-42-32-40-87(64-89)82-35-19-15-20-36-82)70-91(85-55-57-99(129-13)58-56-85)72-109(122)94-67-97(125(7,8)9)76-98(68-94)126(10,11)12/h14-78H,1-12H3. The van der Waals surface area contributed by atoms with Gasteiger partial charge in [0.05, 0.1) is 51.6 Å². The monoisotopic (exact) mass is 1710 g/mol. The maximum absolute atomic E-state index is 10.6. The van der Waals surface area contributed by atoms with E-state index < -0.39 is 6.71 Å². The van der Waals surface area contributed by atoms with Gasteiger partial charge in [-0.05, 0) is 247 Å². The molecule has 0 unspecified atom stereocenters. The largest absolute Gasteiger partial charge is 0.310 e. The Balaban J connectivity index is 0.964. The lowest BCUT2D eigenvalue weighted by atomic mass is 9.33. The Kier molecular flexibility index (Phi) is 20.0. The number of rotatable bonds is 13. The van der Waals surface area contributed by atoms with Gasteiger partial charge in [-0.25, -0.2) is 4.85 Å². The maximum atomic E-state index is 10.6. The van der Waals surface area contributed by atoms with Crippen LogP contribution in [0, 0.1) is 17.9 Å². The molecule has 20 aromatic rings. The minimum atomic E-state index is -0.417. The van der Waals surface area contributed by atoms with Crippen LogP contribution in [0.15, 0.2) is 394 Å². The number of nitriles is 1. The molecule has 0 bridgehead atoms. The summed E-state index contributed by atoms with van der Waals surface area (Å²) in [5.41, 5.74) is 40.1. The molecule has 6 nitrogen and oxygen atoms in total. The molecule has 0 aliphatic carbocycles. The van der Waals surface area contributed by atoms with E-state index in [0.717, 1.165) is 184 Å². The molecule has 0 saturated carbocycles. The van der Waals surface area contributed by atoms with Crippen molar-refractivity contribution in [2.75, 3.05) is 9.80 Å². The number of hydrogen-bond acceptors (Lipinski definition) is 3. The number of para-hydroxylation sites is 4. The van der Waals surface area contributed by atoms with Crippen molar-refractivity contribution in [1.29, 1.82) is 5.26 Å². The van der Waals surface area contributed by atoms with Crippen LogP contribution in [0.4, 0.5) is 39.8 Å². The molecule has 2 aromatic heterocycles. The lowest BCUT2D eigenvalue weighted by Crippen LogP contribution is -2.61. The van der Waals surface area contributed by atoms with Crippen LogP contribution in [0.2, 0.25) is 0 Å². The number of anilines is 6. The van der Waals surface area contributed by atoms with Gasteiger partial charge >= 0.3 is 0 Å². The quantitative estimate of drug-likeness (QED) is 0.0854. The second kappa shape index (κ2) is 32.1. The SMILES string of the molecule is [C-]#[N+]c1ccc(-c2cc(-c3cccc(-c4ccccc4)c3)c(N3c4cc(-n5c6ccccc6c6ccccc65)ccc4B4c5ccc(-n6c7ccccc7c7ccccc76)cc5N(c5c(-c6cccc(-c7ccccc7)c6)cc(-c6ccc(C#N)cc6)cc5-c5cc(C(C)(C)C)cc(C(C)(C)C)c5)c5cc(-c6ccccc6)cc3c54)c(-c3cc(C(C)(C)C)cc(C(C)(C)C)c3)c2)cc1. The van der Waals surface area contributed by atoms with Gasteiger partial charge in [0.15, 0.2) is 5.69 Å². The third-order valence-electron chi connectivity index (χ3n) is 27.7. The summed E-state index contributed by atoms with van der Waals surface area (Å²) in [6.07, 6.45) is 0. The molecule has 22 rings (SSSR count). The van der Waals surface area contributed by atoms with Gasteiger partial charge in [0.1, 0.15) is 0 Å². The summed E-state index contributed by atoms with van der Waals surface area (Å²) in [7, 11) is 0. The fourth-order valence-electron chi connectivity index (χ4n) is 20.6. The van der Waals surface area contributed by atoms with Gasteiger partial charge in [0, 0.05) is 77.9 Å². The van der Waals surface area contributed by atoms with Gasteiger partial charge < -0.3 is 18.9 Å². The number of hydrogen-bond donors (Lipinski definition) is 0. The van der Waals surface area contributed by atoms with Crippen molar-refractivity contribution in [1.82, 2.24) is 9.13 Å². The number of aromatic nitrogens is 2. The summed E-state index contributed by atoms with van der Waals surface area (Å²) < 4.78 is 5.00. The number of benzene rings is 18. The van der Waals surface area contributed by atoms with Crippen molar-refractivity contribution in [3.63, 3.8) is 0 Å². The van der Waals surface area contributed by atoms with E-state index in [1.807, 2.05) is 24.3 Å². The average molecular weight is 1710 g/mol. The first-order valence-electron chi connectivity index (χ1n) is 46.5. The van der Waals surface area contributed by atoms with Crippen LogP contribution in [-0.4, -0.2) is 15.8 Å². The van der Waals surface area contributed by atoms with E-state index in [4.69, 9.17) is 6.57 Å². The first-order chi connectivity index (χ1) is 64.4. The molecule has 133 heavy (non-hydrogen) atoms. The average Bonchev–Trinajstić information content (AvgIpc) is 1.64. The third kappa shape index (κ3) is 14.6. The molecule has 18 aromatic carbocycles. The van der Waals surface area contributed by atoms with Crippen LogP contribution in [-0.2, 0) is 21.7 Å². The van der Waals surface area contributed by atoms with E-state index >= 15 is 0 Å². The normalized spacial score (nSPS) is 12.6. The molecule has 0 spiro atoms. The summed E-state index contributed by atoms with van der Waals surface area (Å²) in [4.78, 5) is 9.44. The highest BCUT2D eigenvalue weighted by molar-refractivity contribution is 7.00. The van der Waals surface area contributed by atoms with Crippen LogP contribution in [0.25, 0.3) is 160 Å². The first-order valence-corrected chi connectivity index (χ1v) is 46.5. The molecule has 638 valence electrons. The molecule has 0 amide bonds. The Bertz CT molecular complexity index is 7540. The highest BCUT2D eigenvalue weighted by Crippen LogP contribution is 2.58. The molecule has 4 heterocycles. The van der Waals surface area contributed by atoms with E-state index in [2.05, 4.69) is 483 Å². The molecule has 2 aliphatic heterocycles. The smallest absolute Gasteiger partial charge is 0.252 e. The van der Waals surface area contributed by atoms with Gasteiger partial charge in [-0.15, -0.1) is 0 Å². The molecular weight excluding hydrogens is 1610 g/mol. The second-order valence-electron chi connectivity index (χ2n) is 40.3. The van der Waals surface area contributed by atoms with Crippen molar-refractivity contribution < 1.29 is 0 Å². The molecule has 0 saturated heterocycles. The van der Waals surface area contributed by atoms with Gasteiger partial charge in [-0.1, -0.05) is 368 Å². The molecule has 0 radical (unpaired) electrons. The van der Waals surface area contributed by atoms with Crippen molar-refractivity contribution in [3.05, 3.63) is 434 Å². The van der Waals surface area contributed by atoms with E-state index in [9.17, 15) is 5.26 Å². The predicted molar refractivity (Wildman–Crippen MR) is 564 cm³/mol. The molecule has 2 aliphatic rings. The molecular formula is C126H101BN6. The van der Waals surface area contributed by atoms with Crippen molar-refractivity contribution in [3.8, 4) is 118 Å². The fraction of sp³-hybridized carbons (Fsp3) is 0.127. The summed E-state index contributed by atoms with van der Waals surface area (Å²) in [5, 5.41) is 15.3. The Morgan fingerprint density at radius 2 is 0.556 bits per heavy atom. The van der Waals surface area contributed by atoms with Crippen LogP contribution in [0.5, 0.6) is 0 Å². The van der Waals surface area contributed by atoms with Gasteiger partial charge in [0.25, 0.3) is 6.71 Å². The van der Waals surface area contributed by atoms with Crippen LogP contribution in [0.3, 0.4) is 0 Å². The summed E-state index contributed by atoms with van der Waals surface area (Å²) in [6, 6.07) is 151. The zero-order valence-electron chi connectivity index (χ0n) is 77.3. The van der Waals surface area contributed by atoms with E-state index in [1.165, 1.54) is 43.8 Å². The van der Waals surface area contributed by atoms with Gasteiger partial charge in [-0.3, -0.25) is 0 Å². The van der Waals surface area contributed by atoms with Crippen molar-refractivity contribution >= 4 is 107 Å². The summed E-state index contributed by atoms with van der Waals surface area (Å²) in [6.45, 7) is 36.1. The second-order valence-corrected chi connectivity index (χ2v) is 40.3.